The fourth-order valence-corrected chi connectivity index (χ4v) is 1.93. The van der Waals surface area contributed by atoms with Crippen molar-refractivity contribution in [2.75, 3.05) is 19.7 Å². The molecule has 2 saturated heterocycles. The molecule has 2 fully saturated rings. The van der Waals surface area contributed by atoms with Gasteiger partial charge in [0.25, 0.3) is 0 Å². The standard InChI is InChI=1S/C8H14N2O2/c1-5-2-9-3-6-8(5)12-4-7(11)10-6/h5-6,8-9H,2-4H2,1H3,(H,10,11)/t5-,6?,8+/m0/s1. The average Bonchev–Trinajstić information content (AvgIpc) is 2.04. The second kappa shape index (κ2) is 3.03. The summed E-state index contributed by atoms with van der Waals surface area (Å²) >= 11 is 0. The Labute approximate surface area is 71.7 Å². The van der Waals surface area contributed by atoms with Crippen LogP contribution < -0.4 is 10.6 Å². The quantitative estimate of drug-likeness (QED) is 0.496. The third-order valence-corrected chi connectivity index (χ3v) is 2.54. The first kappa shape index (κ1) is 8.01. The van der Waals surface area contributed by atoms with Gasteiger partial charge < -0.3 is 15.4 Å². The van der Waals surface area contributed by atoms with E-state index in [1.54, 1.807) is 0 Å². The van der Waals surface area contributed by atoms with Crippen LogP contribution in [0.4, 0.5) is 0 Å². The fourth-order valence-electron chi connectivity index (χ4n) is 1.93. The Morgan fingerprint density at radius 2 is 2.33 bits per heavy atom. The highest BCUT2D eigenvalue weighted by molar-refractivity contribution is 5.78. The SMILES string of the molecule is C[C@H]1CNCC2NC(=O)CO[C@@H]21. The number of hydrogen-bond donors (Lipinski definition) is 2. The monoisotopic (exact) mass is 170 g/mol. The summed E-state index contributed by atoms with van der Waals surface area (Å²) in [4.78, 5) is 11.0. The first-order valence-corrected chi connectivity index (χ1v) is 4.39. The first-order chi connectivity index (χ1) is 5.77. The highest BCUT2D eigenvalue weighted by Gasteiger charge is 2.35. The highest BCUT2D eigenvalue weighted by atomic mass is 16.5. The lowest BCUT2D eigenvalue weighted by molar-refractivity contribution is -0.141. The van der Waals surface area contributed by atoms with Crippen LogP contribution in [0.25, 0.3) is 0 Å². The van der Waals surface area contributed by atoms with E-state index in [1.807, 2.05) is 0 Å². The van der Waals surface area contributed by atoms with E-state index < -0.39 is 0 Å². The van der Waals surface area contributed by atoms with Gasteiger partial charge in [-0.05, 0) is 5.92 Å². The molecule has 4 heteroatoms. The van der Waals surface area contributed by atoms with E-state index in [-0.39, 0.29) is 24.7 Å². The minimum atomic E-state index is 0.00662. The summed E-state index contributed by atoms with van der Waals surface area (Å²) in [5.74, 6) is 0.497. The van der Waals surface area contributed by atoms with Crippen LogP contribution in [0.1, 0.15) is 6.92 Å². The van der Waals surface area contributed by atoms with Crippen LogP contribution in [0.5, 0.6) is 0 Å². The van der Waals surface area contributed by atoms with E-state index in [4.69, 9.17) is 4.74 Å². The van der Waals surface area contributed by atoms with Crippen LogP contribution in [-0.2, 0) is 9.53 Å². The molecule has 2 N–H and O–H groups in total. The van der Waals surface area contributed by atoms with E-state index in [0.717, 1.165) is 13.1 Å². The topological polar surface area (TPSA) is 50.4 Å². The molecule has 2 aliphatic heterocycles. The molecule has 0 aromatic heterocycles. The molecule has 0 radical (unpaired) electrons. The molecule has 12 heavy (non-hydrogen) atoms. The molecule has 0 spiro atoms. The molecule has 1 amide bonds. The van der Waals surface area contributed by atoms with Gasteiger partial charge in [-0.15, -0.1) is 0 Å². The largest absolute Gasteiger partial charge is 0.366 e. The molecule has 2 rings (SSSR count). The zero-order valence-corrected chi connectivity index (χ0v) is 7.17. The minimum Gasteiger partial charge on any atom is -0.366 e. The maximum Gasteiger partial charge on any atom is 0.246 e. The number of piperidine rings is 1. The number of ether oxygens (including phenoxy) is 1. The van der Waals surface area contributed by atoms with E-state index in [1.165, 1.54) is 0 Å². The van der Waals surface area contributed by atoms with E-state index >= 15 is 0 Å². The van der Waals surface area contributed by atoms with Crippen molar-refractivity contribution in [3.63, 3.8) is 0 Å². The van der Waals surface area contributed by atoms with Gasteiger partial charge in [-0.1, -0.05) is 6.92 Å². The summed E-state index contributed by atoms with van der Waals surface area (Å²) in [7, 11) is 0. The molecule has 68 valence electrons. The van der Waals surface area contributed by atoms with Crippen molar-refractivity contribution in [2.24, 2.45) is 5.92 Å². The number of carbonyl (C=O) groups is 1. The van der Waals surface area contributed by atoms with E-state index in [9.17, 15) is 4.79 Å². The lowest BCUT2D eigenvalue weighted by Gasteiger charge is -2.40. The van der Waals surface area contributed by atoms with Gasteiger partial charge in [0.2, 0.25) is 5.91 Å². The number of amides is 1. The van der Waals surface area contributed by atoms with Gasteiger partial charge in [0.05, 0.1) is 12.1 Å². The Hall–Kier alpha value is -0.610. The Kier molecular flexibility index (Phi) is 2.02. The molecule has 3 atom stereocenters. The normalized spacial score (nSPS) is 41.8. The smallest absolute Gasteiger partial charge is 0.246 e. The van der Waals surface area contributed by atoms with Crippen molar-refractivity contribution in [1.82, 2.24) is 10.6 Å². The molecule has 1 unspecified atom stereocenters. The zero-order chi connectivity index (χ0) is 8.55. The third-order valence-electron chi connectivity index (χ3n) is 2.54. The van der Waals surface area contributed by atoms with Crippen molar-refractivity contribution in [3.05, 3.63) is 0 Å². The Morgan fingerprint density at radius 3 is 3.17 bits per heavy atom. The third kappa shape index (κ3) is 1.32. The van der Waals surface area contributed by atoms with Gasteiger partial charge in [-0.25, -0.2) is 0 Å². The van der Waals surface area contributed by atoms with Crippen LogP contribution in [-0.4, -0.2) is 37.7 Å². The lowest BCUT2D eigenvalue weighted by atomic mass is 9.93. The number of nitrogens with one attached hydrogen (secondary N) is 2. The first-order valence-electron chi connectivity index (χ1n) is 4.39. The van der Waals surface area contributed by atoms with E-state index in [0.29, 0.717) is 5.92 Å². The van der Waals surface area contributed by atoms with Gasteiger partial charge in [-0.2, -0.15) is 0 Å². The molecule has 0 aliphatic carbocycles. The zero-order valence-electron chi connectivity index (χ0n) is 7.17. The number of rotatable bonds is 0. The Morgan fingerprint density at radius 1 is 1.50 bits per heavy atom. The Balaban J connectivity index is 2.04. The fraction of sp³-hybridized carbons (Fsp3) is 0.875. The van der Waals surface area contributed by atoms with Crippen molar-refractivity contribution in [1.29, 1.82) is 0 Å². The average molecular weight is 170 g/mol. The number of carbonyl (C=O) groups excluding carboxylic acids is 1. The molecule has 4 nitrogen and oxygen atoms in total. The summed E-state index contributed by atoms with van der Waals surface area (Å²) in [6, 6.07) is 0.176. The van der Waals surface area contributed by atoms with Crippen LogP contribution >= 0.6 is 0 Å². The molecular weight excluding hydrogens is 156 g/mol. The van der Waals surface area contributed by atoms with Crippen molar-refractivity contribution in [3.8, 4) is 0 Å². The summed E-state index contributed by atoms with van der Waals surface area (Å²) in [6.45, 7) is 4.19. The summed E-state index contributed by atoms with van der Waals surface area (Å²) in [5, 5.41) is 6.18. The second-order valence-electron chi connectivity index (χ2n) is 3.59. The molecule has 0 bridgehead atoms. The molecule has 2 heterocycles. The van der Waals surface area contributed by atoms with Crippen molar-refractivity contribution in [2.45, 2.75) is 19.1 Å². The maximum absolute atomic E-state index is 11.0. The highest BCUT2D eigenvalue weighted by Crippen LogP contribution is 2.17. The lowest BCUT2D eigenvalue weighted by Crippen LogP contribution is -2.62. The van der Waals surface area contributed by atoms with Crippen LogP contribution in [0.15, 0.2) is 0 Å². The van der Waals surface area contributed by atoms with Gasteiger partial charge in [0.1, 0.15) is 6.61 Å². The van der Waals surface area contributed by atoms with Crippen LogP contribution in [0, 0.1) is 5.92 Å². The second-order valence-corrected chi connectivity index (χ2v) is 3.59. The minimum absolute atomic E-state index is 0.00662. The molecular formula is C8H14N2O2. The number of fused-ring (bicyclic) bond motifs is 1. The predicted octanol–water partition coefficient (Wildman–Crippen LogP) is -0.891. The van der Waals surface area contributed by atoms with Crippen LogP contribution in [0.3, 0.4) is 0 Å². The van der Waals surface area contributed by atoms with Gasteiger partial charge in [0.15, 0.2) is 0 Å². The summed E-state index contributed by atoms with van der Waals surface area (Å²) in [6.07, 6.45) is 0.212. The maximum atomic E-state index is 11.0. The van der Waals surface area contributed by atoms with Gasteiger partial charge in [-0.3, -0.25) is 4.79 Å². The predicted molar refractivity (Wildman–Crippen MR) is 43.7 cm³/mol. The summed E-state index contributed by atoms with van der Waals surface area (Å²) in [5.41, 5.74) is 0. The van der Waals surface area contributed by atoms with Crippen molar-refractivity contribution >= 4 is 5.91 Å². The summed E-state index contributed by atoms with van der Waals surface area (Å²) < 4.78 is 5.45. The Bertz CT molecular complexity index is 195. The van der Waals surface area contributed by atoms with Gasteiger partial charge in [0, 0.05) is 13.1 Å². The van der Waals surface area contributed by atoms with E-state index in [2.05, 4.69) is 17.6 Å². The molecule has 0 aromatic carbocycles. The number of morpholine rings is 1. The molecule has 2 aliphatic rings. The number of hydrogen-bond acceptors (Lipinski definition) is 3. The van der Waals surface area contributed by atoms with Gasteiger partial charge >= 0.3 is 0 Å². The van der Waals surface area contributed by atoms with Crippen molar-refractivity contribution < 1.29 is 9.53 Å². The van der Waals surface area contributed by atoms with Crippen LogP contribution in [0.2, 0.25) is 0 Å². The molecule has 0 saturated carbocycles. The molecule has 0 aromatic rings.